The molecule has 0 aliphatic carbocycles. The van der Waals surface area contributed by atoms with Gasteiger partial charge in [-0.05, 0) is 19.1 Å². The molecular weight excluding hydrogens is 234 g/mol. The molecular formula is C13H15NO4. The maximum atomic E-state index is 11.6. The zero-order valence-electron chi connectivity index (χ0n) is 10.4. The largest absolute Gasteiger partial charge is 0.493 e. The van der Waals surface area contributed by atoms with Crippen LogP contribution in [0.2, 0.25) is 0 Å². The van der Waals surface area contributed by atoms with Gasteiger partial charge in [-0.25, -0.2) is 0 Å². The van der Waals surface area contributed by atoms with E-state index in [0.717, 1.165) is 0 Å². The number of methoxy groups -OCH3 is 1. The molecule has 0 saturated carbocycles. The molecule has 0 bridgehead atoms. The number of ether oxygens (including phenoxy) is 2. The standard InChI is InChI=1S/C13H15NO4/c1-8(15)9-4-3-5-10(17-2)12(9)18-11-6-7-14-13(11)16/h3-5,11H,6-7H2,1-2H3,(H,14,16). The highest BCUT2D eigenvalue weighted by Crippen LogP contribution is 2.33. The van der Waals surface area contributed by atoms with Crippen molar-refractivity contribution >= 4 is 11.7 Å². The molecule has 1 aromatic carbocycles. The zero-order valence-corrected chi connectivity index (χ0v) is 10.4. The minimum atomic E-state index is -0.556. The predicted molar refractivity (Wildman–Crippen MR) is 65.0 cm³/mol. The number of amides is 1. The number of carbonyl (C=O) groups excluding carboxylic acids is 2. The third-order valence-electron chi connectivity index (χ3n) is 2.84. The fourth-order valence-corrected chi connectivity index (χ4v) is 1.90. The number of ketones is 1. The van der Waals surface area contributed by atoms with Crippen molar-refractivity contribution in [2.24, 2.45) is 0 Å². The van der Waals surface area contributed by atoms with Crippen molar-refractivity contribution in [3.05, 3.63) is 23.8 Å². The van der Waals surface area contributed by atoms with Gasteiger partial charge < -0.3 is 14.8 Å². The first kappa shape index (κ1) is 12.4. The Hall–Kier alpha value is -2.04. The number of para-hydroxylation sites is 1. The fourth-order valence-electron chi connectivity index (χ4n) is 1.90. The number of hydrogen-bond acceptors (Lipinski definition) is 4. The van der Waals surface area contributed by atoms with Gasteiger partial charge in [0, 0.05) is 13.0 Å². The molecule has 0 aromatic heterocycles. The molecule has 5 nitrogen and oxygen atoms in total. The van der Waals surface area contributed by atoms with Crippen LogP contribution in [0, 0.1) is 0 Å². The van der Waals surface area contributed by atoms with E-state index in [2.05, 4.69) is 5.32 Å². The van der Waals surface area contributed by atoms with Crippen LogP contribution < -0.4 is 14.8 Å². The summed E-state index contributed by atoms with van der Waals surface area (Å²) in [6.45, 7) is 2.05. The van der Waals surface area contributed by atoms with E-state index in [1.165, 1.54) is 14.0 Å². The first-order valence-corrected chi connectivity index (χ1v) is 5.75. The Morgan fingerprint density at radius 2 is 2.22 bits per heavy atom. The number of benzene rings is 1. The normalized spacial score (nSPS) is 18.3. The smallest absolute Gasteiger partial charge is 0.261 e. The van der Waals surface area contributed by atoms with E-state index < -0.39 is 6.10 Å². The van der Waals surface area contributed by atoms with E-state index in [1.54, 1.807) is 18.2 Å². The van der Waals surface area contributed by atoms with Crippen molar-refractivity contribution < 1.29 is 19.1 Å². The van der Waals surface area contributed by atoms with Crippen LogP contribution in [0.3, 0.4) is 0 Å². The van der Waals surface area contributed by atoms with E-state index in [-0.39, 0.29) is 11.7 Å². The highest BCUT2D eigenvalue weighted by molar-refractivity contribution is 5.98. The lowest BCUT2D eigenvalue weighted by molar-refractivity contribution is -0.124. The van der Waals surface area contributed by atoms with Crippen LogP contribution in [0.25, 0.3) is 0 Å². The Bertz CT molecular complexity index is 484. The first-order chi connectivity index (χ1) is 8.63. The highest BCUT2D eigenvalue weighted by atomic mass is 16.5. The van der Waals surface area contributed by atoms with Crippen molar-refractivity contribution in [2.45, 2.75) is 19.4 Å². The summed E-state index contributed by atoms with van der Waals surface area (Å²) in [5.74, 6) is 0.523. The van der Waals surface area contributed by atoms with Gasteiger partial charge in [0.05, 0.1) is 12.7 Å². The van der Waals surface area contributed by atoms with Gasteiger partial charge in [-0.15, -0.1) is 0 Å². The van der Waals surface area contributed by atoms with Gasteiger partial charge in [-0.1, -0.05) is 6.07 Å². The molecule has 1 atom stereocenters. The topological polar surface area (TPSA) is 64.6 Å². The molecule has 0 radical (unpaired) electrons. The van der Waals surface area contributed by atoms with Crippen LogP contribution in [-0.4, -0.2) is 31.4 Å². The van der Waals surface area contributed by atoms with Gasteiger partial charge in [-0.3, -0.25) is 9.59 Å². The lowest BCUT2D eigenvalue weighted by Gasteiger charge is -2.16. The van der Waals surface area contributed by atoms with Crippen LogP contribution in [0.4, 0.5) is 0 Å². The summed E-state index contributed by atoms with van der Waals surface area (Å²) in [6.07, 6.45) is 0.0354. The Kier molecular flexibility index (Phi) is 3.50. The quantitative estimate of drug-likeness (QED) is 0.813. The fraction of sp³-hybridized carbons (Fsp3) is 0.385. The van der Waals surface area contributed by atoms with Gasteiger partial charge in [-0.2, -0.15) is 0 Å². The van der Waals surface area contributed by atoms with Crippen molar-refractivity contribution in [3.63, 3.8) is 0 Å². The molecule has 1 saturated heterocycles. The molecule has 5 heteroatoms. The second kappa shape index (κ2) is 5.08. The molecule has 1 unspecified atom stereocenters. The molecule has 1 fully saturated rings. The molecule has 96 valence electrons. The average Bonchev–Trinajstić information content (AvgIpc) is 2.75. The first-order valence-electron chi connectivity index (χ1n) is 5.75. The molecule has 1 amide bonds. The Morgan fingerprint density at radius 1 is 1.44 bits per heavy atom. The molecule has 1 N–H and O–H groups in total. The van der Waals surface area contributed by atoms with Crippen molar-refractivity contribution in [1.29, 1.82) is 0 Å². The van der Waals surface area contributed by atoms with E-state index >= 15 is 0 Å². The Labute approximate surface area is 105 Å². The monoisotopic (exact) mass is 249 g/mol. The van der Waals surface area contributed by atoms with Gasteiger partial charge in [0.1, 0.15) is 0 Å². The average molecular weight is 249 g/mol. The summed E-state index contributed by atoms with van der Waals surface area (Å²) in [6, 6.07) is 5.08. The van der Waals surface area contributed by atoms with Crippen molar-refractivity contribution in [1.82, 2.24) is 5.32 Å². The molecule has 18 heavy (non-hydrogen) atoms. The Morgan fingerprint density at radius 3 is 2.78 bits per heavy atom. The van der Waals surface area contributed by atoms with E-state index in [9.17, 15) is 9.59 Å². The number of hydrogen-bond donors (Lipinski definition) is 1. The van der Waals surface area contributed by atoms with Gasteiger partial charge in [0.2, 0.25) is 0 Å². The van der Waals surface area contributed by atoms with Gasteiger partial charge in [0.25, 0.3) is 5.91 Å². The molecule has 1 aliphatic rings. The summed E-state index contributed by atoms with van der Waals surface area (Å²) >= 11 is 0. The van der Waals surface area contributed by atoms with Gasteiger partial charge in [0.15, 0.2) is 23.4 Å². The van der Waals surface area contributed by atoms with Gasteiger partial charge >= 0.3 is 0 Å². The maximum absolute atomic E-state index is 11.6. The number of Topliss-reactive ketones (excluding diaryl/α,β-unsaturated/α-hetero) is 1. The molecule has 1 aliphatic heterocycles. The minimum Gasteiger partial charge on any atom is -0.493 e. The number of rotatable bonds is 4. The van der Waals surface area contributed by atoms with Crippen LogP contribution in [0.1, 0.15) is 23.7 Å². The lowest BCUT2D eigenvalue weighted by atomic mass is 10.1. The van der Waals surface area contributed by atoms with Crippen LogP contribution in [0.15, 0.2) is 18.2 Å². The highest BCUT2D eigenvalue weighted by Gasteiger charge is 2.28. The Balaban J connectivity index is 2.34. The third kappa shape index (κ3) is 2.30. The van der Waals surface area contributed by atoms with E-state index in [0.29, 0.717) is 30.0 Å². The summed E-state index contributed by atoms with van der Waals surface area (Å²) in [5, 5.41) is 2.69. The summed E-state index contributed by atoms with van der Waals surface area (Å²) in [5.41, 5.74) is 0.425. The van der Waals surface area contributed by atoms with E-state index in [4.69, 9.17) is 9.47 Å². The minimum absolute atomic E-state index is 0.123. The number of nitrogens with one attached hydrogen (secondary N) is 1. The van der Waals surface area contributed by atoms with Crippen LogP contribution in [-0.2, 0) is 4.79 Å². The molecule has 1 heterocycles. The third-order valence-corrected chi connectivity index (χ3v) is 2.84. The molecule has 0 spiro atoms. The summed E-state index contributed by atoms with van der Waals surface area (Å²) in [4.78, 5) is 23.1. The summed E-state index contributed by atoms with van der Waals surface area (Å²) in [7, 11) is 1.50. The maximum Gasteiger partial charge on any atom is 0.261 e. The predicted octanol–water partition coefficient (Wildman–Crippen LogP) is 1.17. The number of carbonyl (C=O) groups is 2. The molecule has 1 aromatic rings. The summed E-state index contributed by atoms with van der Waals surface area (Å²) < 4.78 is 10.8. The lowest BCUT2D eigenvalue weighted by Crippen LogP contribution is -2.28. The SMILES string of the molecule is COc1cccc(C(C)=O)c1OC1CCNC1=O. The molecule has 2 rings (SSSR count). The van der Waals surface area contributed by atoms with E-state index in [1.807, 2.05) is 0 Å². The van der Waals surface area contributed by atoms with Crippen LogP contribution in [0.5, 0.6) is 11.5 Å². The van der Waals surface area contributed by atoms with Crippen LogP contribution >= 0.6 is 0 Å². The van der Waals surface area contributed by atoms with Crippen molar-refractivity contribution in [3.8, 4) is 11.5 Å². The van der Waals surface area contributed by atoms with Crippen molar-refractivity contribution in [2.75, 3.05) is 13.7 Å². The second-order valence-electron chi connectivity index (χ2n) is 4.08. The zero-order chi connectivity index (χ0) is 13.1. The second-order valence-corrected chi connectivity index (χ2v) is 4.08.